The first-order valence-electron chi connectivity index (χ1n) is 3.54. The van der Waals surface area contributed by atoms with E-state index in [9.17, 15) is 14.5 Å². The van der Waals surface area contributed by atoms with Gasteiger partial charge in [0.2, 0.25) is 5.82 Å². The van der Waals surface area contributed by atoms with Crippen LogP contribution in [0.2, 0.25) is 0 Å². The Balaban J connectivity index is 3.68. The minimum Gasteiger partial charge on any atom is -0.397 e. The normalized spacial score (nSPS) is 10.2. The molecule has 0 fully saturated rings. The van der Waals surface area contributed by atoms with Gasteiger partial charge in [-0.15, -0.1) is 0 Å². The molecule has 0 aromatic heterocycles. The predicted molar refractivity (Wildman–Crippen MR) is 54.3 cm³/mol. The molecule has 4 N–H and O–H groups in total. The highest BCUT2D eigenvalue weighted by Gasteiger charge is 2.25. The molecule has 1 aromatic carbocycles. The highest BCUT2D eigenvalue weighted by molar-refractivity contribution is 9.10. The fourth-order valence-corrected chi connectivity index (χ4v) is 1.45. The second kappa shape index (κ2) is 3.41. The van der Waals surface area contributed by atoms with Crippen LogP contribution in [0.4, 0.5) is 21.5 Å². The molecule has 0 saturated carbocycles. The van der Waals surface area contributed by atoms with Gasteiger partial charge in [0.15, 0.2) is 0 Å². The zero-order valence-electron chi connectivity index (χ0n) is 7.17. The molecule has 0 aliphatic rings. The summed E-state index contributed by atoms with van der Waals surface area (Å²) in [5, 5.41) is 10.5. The molecule has 76 valence electrons. The molecule has 0 unspecified atom stereocenters. The van der Waals surface area contributed by atoms with Crippen molar-refractivity contribution in [2.75, 3.05) is 11.5 Å². The summed E-state index contributed by atoms with van der Waals surface area (Å²) in [6.07, 6.45) is 0. The van der Waals surface area contributed by atoms with Crippen molar-refractivity contribution >= 4 is 33.0 Å². The molecule has 0 aliphatic heterocycles. The number of hydrogen-bond donors (Lipinski definition) is 2. The summed E-state index contributed by atoms with van der Waals surface area (Å²) >= 11 is 2.80. The van der Waals surface area contributed by atoms with Gasteiger partial charge >= 0.3 is 5.69 Å². The summed E-state index contributed by atoms with van der Waals surface area (Å²) in [6.45, 7) is 1.35. The number of nitrogens with zero attached hydrogens (tertiary/aromatic N) is 1. The molecule has 0 heterocycles. The number of nitrogens with two attached hydrogens (primary N) is 2. The standard InChI is InChI=1S/C7H7BrFN3O2/c1-2-5(10)6(11)3(8)4(9)7(2)12(13)14/h10-11H2,1H3. The molecule has 0 atom stereocenters. The van der Waals surface area contributed by atoms with E-state index in [1.54, 1.807) is 0 Å². The third-order valence-electron chi connectivity index (χ3n) is 1.87. The molecule has 1 aromatic rings. The number of nitro benzene ring substituents is 1. The summed E-state index contributed by atoms with van der Waals surface area (Å²) < 4.78 is 13.2. The van der Waals surface area contributed by atoms with E-state index in [0.717, 1.165) is 0 Å². The fourth-order valence-electron chi connectivity index (χ4n) is 1.05. The van der Waals surface area contributed by atoms with Crippen molar-refractivity contribution in [3.63, 3.8) is 0 Å². The molecule has 0 bridgehead atoms. The van der Waals surface area contributed by atoms with Gasteiger partial charge in [-0.1, -0.05) is 0 Å². The Bertz CT molecular complexity index is 393. The van der Waals surface area contributed by atoms with Gasteiger partial charge in [-0.2, -0.15) is 4.39 Å². The van der Waals surface area contributed by atoms with Crippen molar-refractivity contribution in [2.24, 2.45) is 0 Å². The quantitative estimate of drug-likeness (QED) is 0.460. The number of halogens is 2. The third kappa shape index (κ3) is 1.39. The second-order valence-corrected chi connectivity index (χ2v) is 3.48. The van der Waals surface area contributed by atoms with E-state index in [2.05, 4.69) is 15.9 Å². The molecule has 1 rings (SSSR count). The summed E-state index contributed by atoms with van der Waals surface area (Å²) in [6, 6.07) is 0. The Morgan fingerprint density at radius 3 is 2.36 bits per heavy atom. The van der Waals surface area contributed by atoms with Crippen LogP contribution in [0.3, 0.4) is 0 Å². The molecule has 5 nitrogen and oxygen atoms in total. The number of nitro groups is 1. The lowest BCUT2D eigenvalue weighted by atomic mass is 10.1. The van der Waals surface area contributed by atoms with Crippen LogP contribution in [-0.4, -0.2) is 4.92 Å². The summed E-state index contributed by atoms with van der Waals surface area (Å²) in [7, 11) is 0. The van der Waals surface area contributed by atoms with Gasteiger partial charge in [0.1, 0.15) is 0 Å². The number of anilines is 2. The maximum absolute atomic E-state index is 13.3. The van der Waals surface area contributed by atoms with Crippen LogP contribution in [0.5, 0.6) is 0 Å². The van der Waals surface area contributed by atoms with E-state index in [1.165, 1.54) is 6.92 Å². The van der Waals surface area contributed by atoms with Gasteiger partial charge in [0, 0.05) is 0 Å². The van der Waals surface area contributed by atoms with E-state index in [1.807, 2.05) is 0 Å². The van der Waals surface area contributed by atoms with Gasteiger partial charge in [-0.05, 0) is 22.9 Å². The van der Waals surface area contributed by atoms with Crippen LogP contribution >= 0.6 is 15.9 Å². The van der Waals surface area contributed by atoms with E-state index in [4.69, 9.17) is 11.5 Å². The van der Waals surface area contributed by atoms with Gasteiger partial charge in [0.05, 0.1) is 26.3 Å². The Morgan fingerprint density at radius 2 is 1.93 bits per heavy atom. The SMILES string of the molecule is Cc1c(N)c(N)c(Br)c(F)c1[N+](=O)[O-]. The highest BCUT2D eigenvalue weighted by atomic mass is 79.9. The predicted octanol–water partition coefficient (Wildman–Crippen LogP) is 1.97. The molecule has 14 heavy (non-hydrogen) atoms. The van der Waals surface area contributed by atoms with Crippen molar-refractivity contribution in [3.8, 4) is 0 Å². The summed E-state index contributed by atoms with van der Waals surface area (Å²) in [5.74, 6) is -1.00. The highest BCUT2D eigenvalue weighted by Crippen LogP contribution is 2.38. The van der Waals surface area contributed by atoms with Crippen LogP contribution in [0.15, 0.2) is 4.47 Å². The van der Waals surface area contributed by atoms with Crippen LogP contribution in [-0.2, 0) is 0 Å². The lowest BCUT2D eigenvalue weighted by molar-refractivity contribution is -0.388. The maximum atomic E-state index is 13.3. The van der Waals surface area contributed by atoms with Crippen LogP contribution in [0, 0.1) is 22.9 Å². The molecule has 0 amide bonds. The lowest BCUT2D eigenvalue weighted by Crippen LogP contribution is -2.05. The fraction of sp³-hybridized carbons (Fsp3) is 0.143. The summed E-state index contributed by atoms with van der Waals surface area (Å²) in [5.41, 5.74) is 10.3. The maximum Gasteiger partial charge on any atom is 0.311 e. The largest absolute Gasteiger partial charge is 0.397 e. The van der Waals surface area contributed by atoms with Crippen molar-refractivity contribution < 1.29 is 9.31 Å². The van der Waals surface area contributed by atoms with Gasteiger partial charge in [-0.3, -0.25) is 10.1 Å². The first-order valence-corrected chi connectivity index (χ1v) is 4.34. The number of nitrogen functional groups attached to an aromatic ring is 2. The molecule has 0 saturated heterocycles. The third-order valence-corrected chi connectivity index (χ3v) is 2.64. The molecule has 0 aliphatic carbocycles. The first-order chi connectivity index (χ1) is 6.37. The minimum absolute atomic E-state index is 0.0185. The molecular weight excluding hydrogens is 257 g/mol. The summed E-state index contributed by atoms with van der Waals surface area (Å²) in [4.78, 5) is 9.68. The van der Waals surface area contributed by atoms with E-state index < -0.39 is 16.4 Å². The zero-order valence-corrected chi connectivity index (χ0v) is 8.76. The minimum atomic E-state index is -1.00. The number of benzene rings is 1. The smallest absolute Gasteiger partial charge is 0.311 e. The van der Waals surface area contributed by atoms with Crippen LogP contribution < -0.4 is 11.5 Å². The average Bonchev–Trinajstić information content (AvgIpc) is 2.11. The molecule has 0 spiro atoms. The Hall–Kier alpha value is -1.37. The van der Waals surface area contributed by atoms with Crippen molar-refractivity contribution in [1.82, 2.24) is 0 Å². The van der Waals surface area contributed by atoms with Crippen LogP contribution in [0.1, 0.15) is 5.56 Å². The second-order valence-electron chi connectivity index (χ2n) is 2.69. The lowest BCUT2D eigenvalue weighted by Gasteiger charge is -2.08. The van der Waals surface area contributed by atoms with Gasteiger partial charge < -0.3 is 11.5 Å². The Kier molecular flexibility index (Phi) is 2.61. The van der Waals surface area contributed by atoms with Crippen molar-refractivity contribution in [1.29, 1.82) is 0 Å². The number of rotatable bonds is 1. The zero-order chi connectivity index (χ0) is 11.0. The molecular formula is C7H7BrFN3O2. The van der Waals surface area contributed by atoms with Crippen LogP contribution in [0.25, 0.3) is 0 Å². The van der Waals surface area contributed by atoms with E-state index in [0.29, 0.717) is 0 Å². The van der Waals surface area contributed by atoms with Gasteiger partial charge in [-0.25, -0.2) is 0 Å². The Morgan fingerprint density at radius 1 is 1.43 bits per heavy atom. The Labute approximate surface area is 87.2 Å². The number of hydrogen-bond acceptors (Lipinski definition) is 4. The van der Waals surface area contributed by atoms with Gasteiger partial charge in [0.25, 0.3) is 0 Å². The monoisotopic (exact) mass is 263 g/mol. The average molecular weight is 264 g/mol. The van der Waals surface area contributed by atoms with Crippen molar-refractivity contribution in [3.05, 3.63) is 26.0 Å². The van der Waals surface area contributed by atoms with E-state index >= 15 is 0 Å². The molecule has 7 heteroatoms. The van der Waals surface area contributed by atoms with Crippen molar-refractivity contribution in [2.45, 2.75) is 6.92 Å². The van der Waals surface area contributed by atoms with E-state index in [-0.39, 0.29) is 21.4 Å². The topological polar surface area (TPSA) is 95.2 Å². The molecule has 0 radical (unpaired) electrons. The first kappa shape index (κ1) is 10.7.